The molecule has 1 heterocycles. The Labute approximate surface area is 208 Å². The third-order valence-electron chi connectivity index (χ3n) is 5.75. The van der Waals surface area contributed by atoms with Crippen molar-refractivity contribution in [2.24, 2.45) is 4.99 Å². The van der Waals surface area contributed by atoms with Crippen molar-refractivity contribution >= 4 is 17.6 Å². The van der Waals surface area contributed by atoms with Crippen molar-refractivity contribution in [1.29, 1.82) is 5.26 Å². The van der Waals surface area contributed by atoms with Crippen molar-refractivity contribution in [2.45, 2.75) is 45.8 Å². The molecule has 7 nitrogen and oxygen atoms in total. The van der Waals surface area contributed by atoms with Crippen LogP contribution < -0.4 is 10.9 Å². The first kappa shape index (κ1) is 26.8. The summed E-state index contributed by atoms with van der Waals surface area (Å²) in [4.78, 5) is 19.2. The quantitative estimate of drug-likeness (QED) is 0.405. The van der Waals surface area contributed by atoms with Crippen LogP contribution in [0.1, 0.15) is 55.5 Å². The van der Waals surface area contributed by atoms with Crippen LogP contribution in [-0.4, -0.2) is 30.6 Å². The van der Waals surface area contributed by atoms with E-state index in [4.69, 9.17) is 4.74 Å². The minimum Gasteiger partial charge on any atom is -0.466 e. The molecule has 0 unspecified atom stereocenters. The van der Waals surface area contributed by atoms with Crippen LogP contribution in [0.25, 0.3) is 0 Å². The monoisotopic (exact) mass is 499 g/mol. The van der Waals surface area contributed by atoms with Gasteiger partial charge < -0.3 is 9.64 Å². The van der Waals surface area contributed by atoms with E-state index in [0.717, 1.165) is 29.7 Å². The fourth-order valence-corrected chi connectivity index (χ4v) is 4.14. The Bertz CT molecular complexity index is 1230. The molecule has 0 bridgehead atoms. The van der Waals surface area contributed by atoms with Crippen LogP contribution in [0.3, 0.4) is 0 Å². The van der Waals surface area contributed by atoms with Gasteiger partial charge in [0.05, 0.1) is 48.3 Å². The van der Waals surface area contributed by atoms with E-state index in [1.807, 2.05) is 6.92 Å². The van der Waals surface area contributed by atoms with E-state index >= 15 is 0 Å². The van der Waals surface area contributed by atoms with Gasteiger partial charge in [0.2, 0.25) is 5.96 Å². The first-order valence-corrected chi connectivity index (χ1v) is 11.4. The third-order valence-corrected chi connectivity index (χ3v) is 5.75. The number of benzene rings is 2. The number of ether oxygens (including phenoxy) is 1. The number of nitrogens with zero attached hydrogens (tertiary/aromatic N) is 3. The molecule has 1 atom stereocenters. The number of guanidine groups is 1. The van der Waals surface area contributed by atoms with Gasteiger partial charge in [0.25, 0.3) is 0 Å². The number of nitrogens with one attached hydrogen (secondary N) is 2. The Morgan fingerprint density at radius 1 is 1.25 bits per heavy atom. The van der Waals surface area contributed by atoms with Crippen LogP contribution >= 0.6 is 0 Å². The van der Waals surface area contributed by atoms with Crippen molar-refractivity contribution in [3.05, 3.63) is 75.9 Å². The second-order valence-electron chi connectivity index (χ2n) is 8.50. The zero-order chi connectivity index (χ0) is 26.5. The number of aliphatic imine (C=N–C) groups is 1. The van der Waals surface area contributed by atoms with Gasteiger partial charge >= 0.3 is 12.1 Å². The summed E-state index contributed by atoms with van der Waals surface area (Å²) < 4.78 is 44.8. The summed E-state index contributed by atoms with van der Waals surface area (Å²) in [6.45, 7) is 5.81. The maximum atomic E-state index is 13.2. The number of carbonyl (C=O) groups is 1. The minimum atomic E-state index is -4.50. The standard InChI is InChI=1S/C26H28F3N5O2/c1-5-7-18-12-17(14-30)10-11-21(18)23(22(16(2)3)24(35)36-4)34-15-31-33-25(34)32-20-9-6-8-19(13-20)26(27,28)29/h6,8-13,23,31H,5,7,15H2,1-4H3,(H,32,33)/t23-/m1/s1. The highest BCUT2D eigenvalue weighted by atomic mass is 19.4. The molecule has 0 aromatic heterocycles. The molecule has 190 valence electrons. The van der Waals surface area contributed by atoms with E-state index in [1.54, 1.807) is 36.9 Å². The molecule has 0 radical (unpaired) electrons. The van der Waals surface area contributed by atoms with Gasteiger partial charge in [-0.2, -0.15) is 18.4 Å². The molecule has 2 aromatic carbocycles. The topological polar surface area (TPSA) is 89.8 Å². The lowest BCUT2D eigenvalue weighted by atomic mass is 9.88. The van der Waals surface area contributed by atoms with E-state index < -0.39 is 23.8 Å². The highest BCUT2D eigenvalue weighted by molar-refractivity contribution is 5.93. The fraction of sp³-hybridized carbons (Fsp3) is 0.346. The summed E-state index contributed by atoms with van der Waals surface area (Å²) >= 11 is 0. The summed E-state index contributed by atoms with van der Waals surface area (Å²) in [6.07, 6.45) is -3.04. The van der Waals surface area contributed by atoms with Gasteiger partial charge in [-0.1, -0.05) is 31.1 Å². The molecular weight excluding hydrogens is 471 g/mol. The number of hydrogen-bond donors (Lipinski definition) is 2. The van der Waals surface area contributed by atoms with Crippen LogP contribution in [0.15, 0.2) is 58.6 Å². The second kappa shape index (κ2) is 11.3. The molecule has 0 amide bonds. The second-order valence-corrected chi connectivity index (χ2v) is 8.50. The lowest BCUT2D eigenvalue weighted by Crippen LogP contribution is -2.37. The van der Waals surface area contributed by atoms with Gasteiger partial charge in [-0.15, -0.1) is 0 Å². The summed E-state index contributed by atoms with van der Waals surface area (Å²) in [6, 6.07) is 11.5. The molecule has 1 fully saturated rings. The van der Waals surface area contributed by atoms with Crippen molar-refractivity contribution in [1.82, 2.24) is 15.8 Å². The Hall–Kier alpha value is -3.84. The maximum absolute atomic E-state index is 13.2. The number of esters is 1. The van der Waals surface area contributed by atoms with E-state index in [2.05, 4.69) is 21.9 Å². The molecule has 0 saturated carbocycles. The van der Waals surface area contributed by atoms with Gasteiger partial charge in [-0.25, -0.2) is 15.2 Å². The number of nitriles is 1. The highest BCUT2D eigenvalue weighted by Gasteiger charge is 2.36. The summed E-state index contributed by atoms with van der Waals surface area (Å²) in [5.41, 5.74) is 8.40. The molecule has 36 heavy (non-hydrogen) atoms. The van der Waals surface area contributed by atoms with Gasteiger partial charge in [0.15, 0.2) is 0 Å². The average molecular weight is 500 g/mol. The maximum Gasteiger partial charge on any atom is 0.416 e. The number of halogens is 3. The minimum absolute atomic E-state index is 0.102. The third kappa shape index (κ3) is 5.86. The van der Waals surface area contributed by atoms with Crippen molar-refractivity contribution in [2.75, 3.05) is 13.8 Å². The first-order chi connectivity index (χ1) is 17.1. The SMILES string of the molecule is CCCc1cc(C#N)ccc1[C@H](C(C(=O)OC)=C(C)C)N1CNNC1=Nc1cccc(C(F)(F)F)c1. The molecule has 2 N–H and O–H groups in total. The number of alkyl halides is 3. The Kier molecular flexibility index (Phi) is 8.37. The van der Waals surface area contributed by atoms with Crippen LogP contribution in [0.2, 0.25) is 0 Å². The number of hydrazine groups is 1. The first-order valence-electron chi connectivity index (χ1n) is 11.4. The number of hydrogen-bond acceptors (Lipinski definition) is 5. The number of allylic oxidation sites excluding steroid dienone is 1. The molecule has 10 heteroatoms. The molecular formula is C26H28F3N5O2. The van der Waals surface area contributed by atoms with E-state index in [9.17, 15) is 23.2 Å². The predicted octanol–water partition coefficient (Wildman–Crippen LogP) is 5.14. The van der Waals surface area contributed by atoms with Gasteiger partial charge in [0.1, 0.15) is 0 Å². The van der Waals surface area contributed by atoms with Crippen LogP contribution in [0.4, 0.5) is 18.9 Å². The molecule has 0 aliphatic carbocycles. The number of aryl methyl sites for hydroxylation is 1. The highest BCUT2D eigenvalue weighted by Crippen LogP contribution is 2.36. The zero-order valence-corrected chi connectivity index (χ0v) is 20.5. The largest absolute Gasteiger partial charge is 0.466 e. The molecule has 1 aliphatic rings. The Balaban J connectivity index is 2.20. The van der Waals surface area contributed by atoms with Gasteiger partial charge in [0, 0.05) is 0 Å². The van der Waals surface area contributed by atoms with Crippen LogP contribution in [0.5, 0.6) is 0 Å². The lowest BCUT2D eigenvalue weighted by Gasteiger charge is -2.32. The van der Waals surface area contributed by atoms with Gasteiger partial charge in [-0.05, 0) is 61.7 Å². The normalized spacial score (nSPS) is 15.3. The van der Waals surface area contributed by atoms with Crippen LogP contribution in [-0.2, 0) is 22.1 Å². The van der Waals surface area contributed by atoms with E-state index in [-0.39, 0.29) is 18.3 Å². The summed E-state index contributed by atoms with van der Waals surface area (Å²) in [5, 5.41) is 9.42. The zero-order valence-electron chi connectivity index (χ0n) is 20.5. The molecule has 1 aliphatic heterocycles. The Morgan fingerprint density at radius 2 is 2.00 bits per heavy atom. The van der Waals surface area contributed by atoms with Crippen molar-refractivity contribution < 1.29 is 22.7 Å². The van der Waals surface area contributed by atoms with Crippen molar-refractivity contribution in [3.8, 4) is 6.07 Å². The lowest BCUT2D eigenvalue weighted by molar-refractivity contribution is -0.138. The molecule has 3 rings (SSSR count). The summed E-state index contributed by atoms with van der Waals surface area (Å²) in [7, 11) is 1.30. The summed E-state index contributed by atoms with van der Waals surface area (Å²) in [5.74, 6) is -0.286. The fourth-order valence-electron chi connectivity index (χ4n) is 4.14. The number of rotatable bonds is 7. The van der Waals surface area contributed by atoms with E-state index in [1.165, 1.54) is 19.2 Å². The predicted molar refractivity (Wildman–Crippen MR) is 130 cm³/mol. The van der Waals surface area contributed by atoms with Crippen LogP contribution in [0, 0.1) is 11.3 Å². The van der Waals surface area contributed by atoms with E-state index in [0.29, 0.717) is 23.1 Å². The Morgan fingerprint density at radius 3 is 2.61 bits per heavy atom. The van der Waals surface area contributed by atoms with Gasteiger partial charge in [-0.3, -0.25) is 5.43 Å². The molecule has 0 spiro atoms. The molecule has 1 saturated heterocycles. The van der Waals surface area contributed by atoms with Crippen molar-refractivity contribution in [3.63, 3.8) is 0 Å². The molecule has 2 aromatic rings. The smallest absolute Gasteiger partial charge is 0.416 e. The average Bonchev–Trinajstić information content (AvgIpc) is 3.29. The number of carbonyl (C=O) groups excluding carboxylic acids is 1. The number of methoxy groups -OCH3 is 1.